The van der Waals surface area contributed by atoms with E-state index in [4.69, 9.17) is 10.5 Å². The Morgan fingerprint density at radius 1 is 1.50 bits per heavy atom. The zero-order valence-electron chi connectivity index (χ0n) is 10.6. The largest absolute Gasteiger partial charge is 0.480 e. The molecule has 0 spiro atoms. The molecule has 18 heavy (non-hydrogen) atoms. The summed E-state index contributed by atoms with van der Waals surface area (Å²) in [4.78, 5) is 14.1. The first-order valence-electron chi connectivity index (χ1n) is 6.43. The summed E-state index contributed by atoms with van der Waals surface area (Å²) in [7, 11) is 0. The summed E-state index contributed by atoms with van der Waals surface area (Å²) in [5.74, 6) is 0.909. The fraction of sp³-hybridized carbons (Fsp3) is 0.500. The van der Waals surface area contributed by atoms with Gasteiger partial charge >= 0.3 is 0 Å². The quantitative estimate of drug-likeness (QED) is 0.845. The number of hydrogen-bond donors (Lipinski definition) is 1. The minimum absolute atomic E-state index is 0.0701. The van der Waals surface area contributed by atoms with Crippen LogP contribution in [-0.2, 0) is 11.2 Å². The number of carbonyl (C=O) groups excluding carboxylic acids is 1. The van der Waals surface area contributed by atoms with E-state index < -0.39 is 0 Å². The summed E-state index contributed by atoms with van der Waals surface area (Å²) in [6.45, 7) is 3.36. The van der Waals surface area contributed by atoms with E-state index in [1.807, 2.05) is 24.3 Å². The number of carbonyl (C=O) groups is 1. The molecule has 1 atom stereocenters. The fourth-order valence-corrected chi connectivity index (χ4v) is 2.62. The predicted molar refractivity (Wildman–Crippen MR) is 68.4 cm³/mol. The molecule has 3 rings (SSSR count). The van der Waals surface area contributed by atoms with Crippen LogP contribution in [-0.4, -0.2) is 35.5 Å². The van der Waals surface area contributed by atoms with Crippen molar-refractivity contribution in [3.63, 3.8) is 0 Å². The number of hydrogen-bond acceptors (Lipinski definition) is 3. The first-order chi connectivity index (χ1) is 8.61. The Morgan fingerprint density at radius 2 is 2.22 bits per heavy atom. The van der Waals surface area contributed by atoms with Crippen LogP contribution < -0.4 is 10.5 Å². The minimum atomic E-state index is -0.358. The van der Waals surface area contributed by atoms with E-state index in [1.54, 1.807) is 4.90 Å². The third-order valence-electron chi connectivity index (χ3n) is 3.95. The van der Waals surface area contributed by atoms with Crippen LogP contribution in [0.2, 0.25) is 0 Å². The van der Waals surface area contributed by atoms with Crippen molar-refractivity contribution in [1.82, 2.24) is 4.90 Å². The lowest BCUT2D eigenvalue weighted by Crippen LogP contribution is -2.69. The van der Waals surface area contributed by atoms with Crippen molar-refractivity contribution in [2.24, 2.45) is 5.73 Å². The number of amides is 1. The van der Waals surface area contributed by atoms with Gasteiger partial charge in [-0.05, 0) is 18.1 Å². The topological polar surface area (TPSA) is 55.6 Å². The standard InChI is InChI=1S/C14H18N2O2/c1-2-14(15)8-16(9-14)13(17)12-7-10-5-3-4-6-11(10)18-12/h3-6,12H,2,7-9,15H2,1H3. The average molecular weight is 246 g/mol. The minimum Gasteiger partial charge on any atom is -0.480 e. The molecule has 0 aromatic heterocycles. The molecule has 1 amide bonds. The van der Waals surface area contributed by atoms with Crippen LogP contribution in [0, 0.1) is 0 Å². The number of likely N-dealkylation sites (tertiary alicyclic amines) is 1. The van der Waals surface area contributed by atoms with Crippen molar-refractivity contribution in [2.45, 2.75) is 31.4 Å². The van der Waals surface area contributed by atoms with Gasteiger partial charge in [0.1, 0.15) is 5.75 Å². The lowest BCUT2D eigenvalue weighted by atomic mass is 9.88. The SMILES string of the molecule is CCC1(N)CN(C(=O)C2Cc3ccccc3O2)C1. The number of fused-ring (bicyclic) bond motifs is 1. The van der Waals surface area contributed by atoms with Gasteiger partial charge in [-0.1, -0.05) is 25.1 Å². The van der Waals surface area contributed by atoms with E-state index in [0.29, 0.717) is 19.5 Å². The Labute approximate surface area is 107 Å². The van der Waals surface area contributed by atoms with E-state index in [-0.39, 0.29) is 17.6 Å². The molecule has 0 bridgehead atoms. The van der Waals surface area contributed by atoms with E-state index in [0.717, 1.165) is 17.7 Å². The van der Waals surface area contributed by atoms with Gasteiger partial charge in [0.25, 0.3) is 5.91 Å². The number of rotatable bonds is 2. The summed E-state index contributed by atoms with van der Waals surface area (Å²) in [6.07, 6.45) is 1.22. The molecule has 4 nitrogen and oxygen atoms in total. The van der Waals surface area contributed by atoms with Gasteiger partial charge in [-0.3, -0.25) is 4.79 Å². The second kappa shape index (κ2) is 3.99. The number of nitrogens with two attached hydrogens (primary N) is 1. The Bertz CT molecular complexity index is 455. The van der Waals surface area contributed by atoms with Crippen LogP contribution >= 0.6 is 0 Å². The van der Waals surface area contributed by atoms with Crippen molar-refractivity contribution in [1.29, 1.82) is 0 Å². The smallest absolute Gasteiger partial charge is 0.264 e. The molecule has 1 unspecified atom stereocenters. The summed E-state index contributed by atoms with van der Waals surface area (Å²) in [5, 5.41) is 0. The van der Waals surface area contributed by atoms with E-state index >= 15 is 0 Å². The van der Waals surface area contributed by atoms with Crippen molar-refractivity contribution in [3.05, 3.63) is 29.8 Å². The number of ether oxygens (including phenoxy) is 1. The van der Waals surface area contributed by atoms with Crippen molar-refractivity contribution >= 4 is 5.91 Å². The monoisotopic (exact) mass is 246 g/mol. The maximum absolute atomic E-state index is 12.2. The Balaban J connectivity index is 1.64. The summed E-state index contributed by atoms with van der Waals surface area (Å²) >= 11 is 0. The second-order valence-corrected chi connectivity index (χ2v) is 5.33. The van der Waals surface area contributed by atoms with Gasteiger partial charge in [-0.2, -0.15) is 0 Å². The molecule has 1 saturated heterocycles. The number of para-hydroxylation sites is 1. The van der Waals surface area contributed by atoms with Gasteiger partial charge in [0, 0.05) is 19.5 Å². The lowest BCUT2D eigenvalue weighted by Gasteiger charge is -2.47. The van der Waals surface area contributed by atoms with Crippen LogP contribution in [0.3, 0.4) is 0 Å². The van der Waals surface area contributed by atoms with Crippen LogP contribution in [0.5, 0.6) is 5.75 Å². The molecule has 0 radical (unpaired) electrons. The van der Waals surface area contributed by atoms with Gasteiger partial charge in [0.15, 0.2) is 6.10 Å². The molecule has 2 N–H and O–H groups in total. The molecular weight excluding hydrogens is 228 g/mol. The second-order valence-electron chi connectivity index (χ2n) is 5.33. The first kappa shape index (κ1) is 11.5. The third-order valence-corrected chi connectivity index (χ3v) is 3.95. The van der Waals surface area contributed by atoms with Crippen molar-refractivity contribution in [3.8, 4) is 5.75 Å². The van der Waals surface area contributed by atoms with Crippen LogP contribution in [0.15, 0.2) is 24.3 Å². The molecule has 2 aliphatic rings. The highest BCUT2D eigenvalue weighted by atomic mass is 16.5. The molecule has 1 aromatic carbocycles. The molecule has 0 saturated carbocycles. The Hall–Kier alpha value is -1.55. The predicted octanol–water partition coefficient (Wildman–Crippen LogP) is 0.940. The zero-order valence-corrected chi connectivity index (χ0v) is 10.6. The third kappa shape index (κ3) is 1.77. The van der Waals surface area contributed by atoms with Gasteiger partial charge in [0.2, 0.25) is 0 Å². The van der Waals surface area contributed by atoms with Crippen molar-refractivity contribution in [2.75, 3.05) is 13.1 Å². The highest BCUT2D eigenvalue weighted by Crippen LogP contribution is 2.31. The fourth-order valence-electron chi connectivity index (χ4n) is 2.62. The van der Waals surface area contributed by atoms with E-state index in [1.165, 1.54) is 0 Å². The summed E-state index contributed by atoms with van der Waals surface area (Å²) < 4.78 is 5.70. The van der Waals surface area contributed by atoms with Crippen LogP contribution in [0.25, 0.3) is 0 Å². The Kier molecular flexibility index (Phi) is 2.55. The molecule has 96 valence electrons. The van der Waals surface area contributed by atoms with Gasteiger partial charge in [-0.15, -0.1) is 0 Å². The number of benzene rings is 1. The molecule has 2 heterocycles. The maximum Gasteiger partial charge on any atom is 0.264 e. The highest BCUT2D eigenvalue weighted by Gasteiger charge is 2.44. The zero-order chi connectivity index (χ0) is 12.8. The number of nitrogens with zero attached hydrogens (tertiary/aromatic N) is 1. The molecule has 2 aliphatic heterocycles. The Morgan fingerprint density at radius 3 is 2.89 bits per heavy atom. The van der Waals surface area contributed by atoms with Gasteiger partial charge in [0.05, 0.1) is 5.54 Å². The van der Waals surface area contributed by atoms with Crippen molar-refractivity contribution < 1.29 is 9.53 Å². The summed E-state index contributed by atoms with van der Waals surface area (Å²) in [5.41, 5.74) is 7.02. The van der Waals surface area contributed by atoms with Gasteiger partial charge < -0.3 is 15.4 Å². The van der Waals surface area contributed by atoms with Crippen LogP contribution in [0.4, 0.5) is 0 Å². The molecule has 0 aliphatic carbocycles. The normalized spacial score (nSPS) is 24.1. The van der Waals surface area contributed by atoms with E-state index in [2.05, 4.69) is 6.92 Å². The molecule has 4 heteroatoms. The highest BCUT2D eigenvalue weighted by molar-refractivity contribution is 5.83. The molecule has 1 fully saturated rings. The first-order valence-corrected chi connectivity index (χ1v) is 6.43. The maximum atomic E-state index is 12.2. The van der Waals surface area contributed by atoms with Crippen LogP contribution in [0.1, 0.15) is 18.9 Å². The molecule has 1 aromatic rings. The van der Waals surface area contributed by atoms with E-state index in [9.17, 15) is 4.79 Å². The average Bonchev–Trinajstić information content (AvgIpc) is 2.77. The summed E-state index contributed by atoms with van der Waals surface area (Å²) in [6, 6.07) is 7.83. The molecular formula is C14H18N2O2. The van der Waals surface area contributed by atoms with Gasteiger partial charge in [-0.25, -0.2) is 0 Å². The lowest BCUT2D eigenvalue weighted by molar-refractivity contribution is -0.145.